The van der Waals surface area contributed by atoms with Crippen molar-refractivity contribution in [2.75, 3.05) is 0 Å². The minimum atomic E-state index is -0.845. The number of halogens is 1. The van der Waals surface area contributed by atoms with Crippen molar-refractivity contribution < 1.29 is 24.2 Å². The molecule has 0 fully saturated rings. The number of aliphatic imine (C=N–C) groups is 1. The average Bonchev–Trinajstić information content (AvgIpc) is 2.49. The van der Waals surface area contributed by atoms with Crippen molar-refractivity contribution in [3.63, 3.8) is 0 Å². The lowest BCUT2D eigenvalue weighted by molar-refractivity contribution is 0.0560. The third-order valence-corrected chi connectivity index (χ3v) is 3.70. The van der Waals surface area contributed by atoms with Gasteiger partial charge in [-0.2, -0.15) is 0 Å². The van der Waals surface area contributed by atoms with Crippen LogP contribution in [0.4, 0.5) is 9.59 Å². The maximum atomic E-state index is 12.0. The average molecular weight is 458 g/mol. The minimum absolute atomic E-state index is 0.0835. The molecule has 0 heterocycles. The maximum absolute atomic E-state index is 12.0. The summed E-state index contributed by atoms with van der Waals surface area (Å²) in [6, 6.07) is 5.39. The Balaban J connectivity index is 2.91. The van der Waals surface area contributed by atoms with Gasteiger partial charge in [0, 0.05) is 11.0 Å². The molecule has 8 nitrogen and oxygen atoms in total. The fourth-order valence-corrected chi connectivity index (χ4v) is 2.45. The summed E-state index contributed by atoms with van der Waals surface area (Å²) >= 11 is 3.38. The molecule has 0 aliphatic carbocycles. The van der Waals surface area contributed by atoms with Crippen molar-refractivity contribution in [2.45, 2.75) is 65.9 Å². The van der Waals surface area contributed by atoms with E-state index < -0.39 is 23.4 Å². The van der Waals surface area contributed by atoms with Gasteiger partial charge in [-0.25, -0.2) is 9.59 Å². The van der Waals surface area contributed by atoms with Crippen molar-refractivity contribution in [3.05, 3.63) is 33.8 Å². The summed E-state index contributed by atoms with van der Waals surface area (Å²) in [7, 11) is 0. The smallest absolute Gasteiger partial charge is 0.437 e. The van der Waals surface area contributed by atoms with Crippen molar-refractivity contribution in [1.82, 2.24) is 10.6 Å². The summed E-state index contributed by atoms with van der Waals surface area (Å²) < 4.78 is 11.1. The van der Waals surface area contributed by atoms with E-state index in [4.69, 9.17) is 9.47 Å². The Kier molecular flexibility index (Phi) is 8.44. The Labute approximate surface area is 173 Å². The molecule has 0 atom stereocenters. The van der Waals surface area contributed by atoms with Crippen LogP contribution in [0.5, 0.6) is 0 Å². The van der Waals surface area contributed by atoms with Crippen LogP contribution in [0.3, 0.4) is 0 Å². The first kappa shape index (κ1) is 23.9. The molecule has 1 aromatic carbocycles. The molecule has 0 saturated heterocycles. The van der Waals surface area contributed by atoms with Crippen molar-refractivity contribution >= 4 is 34.1 Å². The van der Waals surface area contributed by atoms with E-state index in [-0.39, 0.29) is 19.1 Å². The number of rotatable bonds is 3. The monoisotopic (exact) mass is 457 g/mol. The predicted octanol–water partition coefficient (Wildman–Crippen LogP) is 3.85. The Morgan fingerprint density at radius 1 is 1.11 bits per heavy atom. The van der Waals surface area contributed by atoms with Crippen LogP contribution in [-0.4, -0.2) is 34.5 Å². The van der Waals surface area contributed by atoms with E-state index in [0.717, 1.165) is 15.6 Å². The summed E-state index contributed by atoms with van der Waals surface area (Å²) in [5.41, 5.74) is 0.166. The number of carbonyl (C=O) groups is 2. The van der Waals surface area contributed by atoms with Crippen LogP contribution in [-0.2, 0) is 22.6 Å². The number of carbonyl (C=O) groups excluding carboxylic acids is 2. The fourth-order valence-electron chi connectivity index (χ4n) is 1.90. The van der Waals surface area contributed by atoms with E-state index in [1.165, 1.54) is 0 Å². The largest absolute Gasteiger partial charge is 0.444 e. The SMILES string of the molecule is CC(C)(C)OC(=O)/N=C(\NCc1ccc(CO)c(Br)c1)NC(=O)OC(C)(C)C. The van der Waals surface area contributed by atoms with Crippen molar-refractivity contribution in [3.8, 4) is 0 Å². The highest BCUT2D eigenvalue weighted by Crippen LogP contribution is 2.18. The molecule has 3 N–H and O–H groups in total. The zero-order chi connectivity index (χ0) is 21.5. The van der Waals surface area contributed by atoms with E-state index >= 15 is 0 Å². The number of benzene rings is 1. The topological polar surface area (TPSA) is 109 Å². The zero-order valence-corrected chi connectivity index (χ0v) is 18.6. The maximum Gasteiger partial charge on any atom is 0.437 e. The Hall–Kier alpha value is -2.13. The minimum Gasteiger partial charge on any atom is -0.444 e. The molecule has 0 bridgehead atoms. The quantitative estimate of drug-likeness (QED) is 0.469. The number of amides is 2. The van der Waals surface area contributed by atoms with Gasteiger partial charge in [0.25, 0.3) is 0 Å². The lowest BCUT2D eigenvalue weighted by Gasteiger charge is -2.21. The molecule has 0 aliphatic heterocycles. The van der Waals surface area contributed by atoms with Gasteiger partial charge in [-0.15, -0.1) is 4.99 Å². The first-order valence-corrected chi connectivity index (χ1v) is 9.52. The number of nitrogens with one attached hydrogen (secondary N) is 2. The van der Waals surface area contributed by atoms with Gasteiger partial charge in [0.15, 0.2) is 0 Å². The highest BCUT2D eigenvalue weighted by Gasteiger charge is 2.20. The third kappa shape index (κ3) is 9.70. The molecule has 28 heavy (non-hydrogen) atoms. The van der Waals surface area contributed by atoms with E-state index in [1.54, 1.807) is 47.6 Å². The third-order valence-electron chi connectivity index (χ3n) is 2.96. The molecule has 1 aromatic rings. The predicted molar refractivity (Wildman–Crippen MR) is 110 cm³/mol. The second-order valence-corrected chi connectivity index (χ2v) is 8.86. The van der Waals surface area contributed by atoms with Crippen LogP contribution < -0.4 is 10.6 Å². The van der Waals surface area contributed by atoms with E-state index in [1.807, 2.05) is 12.1 Å². The van der Waals surface area contributed by atoms with Crippen molar-refractivity contribution in [1.29, 1.82) is 0 Å². The summed E-state index contributed by atoms with van der Waals surface area (Å²) in [5.74, 6) is -0.0918. The van der Waals surface area contributed by atoms with Crippen LogP contribution in [0.15, 0.2) is 27.7 Å². The lowest BCUT2D eigenvalue weighted by atomic mass is 10.1. The standard InChI is InChI=1S/C19H28BrN3O5/c1-18(2,3)27-16(25)22-15(23-17(26)28-19(4,5)6)21-10-12-7-8-13(11-24)14(20)9-12/h7-9,24H,10-11H2,1-6H3,(H2,21,22,23,25,26). The molecule has 0 unspecified atom stereocenters. The molecular formula is C19H28BrN3O5. The number of alkyl carbamates (subject to hydrolysis) is 1. The molecule has 1 rings (SSSR count). The lowest BCUT2D eigenvalue weighted by Crippen LogP contribution is -2.44. The van der Waals surface area contributed by atoms with E-state index in [9.17, 15) is 14.7 Å². The second kappa shape index (κ2) is 9.88. The van der Waals surface area contributed by atoms with Crippen LogP contribution in [0, 0.1) is 0 Å². The normalized spacial score (nSPS) is 12.4. The van der Waals surface area contributed by atoms with Gasteiger partial charge >= 0.3 is 12.2 Å². The zero-order valence-electron chi connectivity index (χ0n) is 17.1. The van der Waals surface area contributed by atoms with E-state index in [0.29, 0.717) is 0 Å². The van der Waals surface area contributed by atoms with Crippen molar-refractivity contribution in [2.24, 2.45) is 4.99 Å². The molecule has 0 aliphatic rings. The summed E-state index contributed by atoms with van der Waals surface area (Å²) in [4.78, 5) is 27.8. The van der Waals surface area contributed by atoms with Gasteiger partial charge in [-0.3, -0.25) is 5.32 Å². The number of aliphatic hydroxyl groups is 1. The number of aliphatic hydroxyl groups excluding tert-OH is 1. The number of guanidine groups is 1. The molecule has 0 aromatic heterocycles. The molecule has 0 saturated carbocycles. The highest BCUT2D eigenvalue weighted by atomic mass is 79.9. The van der Waals surface area contributed by atoms with Gasteiger partial charge in [-0.1, -0.05) is 28.1 Å². The number of hydrogen-bond donors (Lipinski definition) is 3. The van der Waals surface area contributed by atoms with Gasteiger partial charge in [-0.05, 0) is 58.7 Å². The van der Waals surface area contributed by atoms with Crippen LogP contribution in [0.2, 0.25) is 0 Å². The summed E-state index contributed by atoms with van der Waals surface area (Å²) in [6.07, 6.45) is -1.60. The Morgan fingerprint density at radius 2 is 1.71 bits per heavy atom. The molecule has 0 radical (unpaired) electrons. The Bertz CT molecular complexity index is 736. The van der Waals surface area contributed by atoms with Gasteiger partial charge < -0.3 is 19.9 Å². The van der Waals surface area contributed by atoms with Gasteiger partial charge in [0.2, 0.25) is 5.96 Å². The molecule has 9 heteroatoms. The van der Waals surface area contributed by atoms with Gasteiger partial charge in [0.05, 0.1) is 6.61 Å². The van der Waals surface area contributed by atoms with Crippen LogP contribution in [0.25, 0.3) is 0 Å². The highest BCUT2D eigenvalue weighted by molar-refractivity contribution is 9.10. The number of ether oxygens (including phenoxy) is 2. The van der Waals surface area contributed by atoms with Gasteiger partial charge in [0.1, 0.15) is 11.2 Å². The number of nitrogens with zero attached hydrogens (tertiary/aromatic N) is 1. The second-order valence-electron chi connectivity index (χ2n) is 8.01. The summed E-state index contributed by atoms with van der Waals surface area (Å²) in [5, 5.41) is 14.5. The van der Waals surface area contributed by atoms with E-state index in [2.05, 4.69) is 31.6 Å². The summed E-state index contributed by atoms with van der Waals surface area (Å²) in [6.45, 7) is 10.5. The molecule has 156 valence electrons. The first-order valence-electron chi connectivity index (χ1n) is 8.73. The fraction of sp³-hybridized carbons (Fsp3) is 0.526. The van der Waals surface area contributed by atoms with Crippen LogP contribution >= 0.6 is 15.9 Å². The molecule has 2 amide bonds. The molecular weight excluding hydrogens is 430 g/mol. The first-order chi connectivity index (χ1) is 12.8. The van der Waals surface area contributed by atoms with Crippen LogP contribution in [0.1, 0.15) is 52.7 Å². The Morgan fingerprint density at radius 3 is 2.21 bits per heavy atom. The number of hydrogen-bond acceptors (Lipinski definition) is 5. The molecule has 0 spiro atoms.